The van der Waals surface area contributed by atoms with Gasteiger partial charge in [-0.1, -0.05) is 26.7 Å². The Labute approximate surface area is 90.8 Å². The summed E-state index contributed by atoms with van der Waals surface area (Å²) in [7, 11) is 0. The molecule has 2 nitrogen and oxygen atoms in total. The fourth-order valence-corrected chi connectivity index (χ4v) is 2.30. The summed E-state index contributed by atoms with van der Waals surface area (Å²) in [6.07, 6.45) is 4.46. The van der Waals surface area contributed by atoms with E-state index in [2.05, 4.69) is 31.1 Å². The number of nitrogens with zero attached hydrogens (tertiary/aromatic N) is 1. The summed E-state index contributed by atoms with van der Waals surface area (Å²) in [6, 6.07) is 0.604. The number of aromatic nitrogens is 1. The van der Waals surface area contributed by atoms with Crippen molar-refractivity contribution in [3.63, 3.8) is 0 Å². The second kappa shape index (κ2) is 6.14. The first-order valence-corrected chi connectivity index (χ1v) is 6.26. The van der Waals surface area contributed by atoms with Gasteiger partial charge in [0.25, 0.3) is 0 Å². The number of rotatable bonds is 6. The van der Waals surface area contributed by atoms with Crippen molar-refractivity contribution in [3.05, 3.63) is 16.6 Å². The van der Waals surface area contributed by atoms with Gasteiger partial charge < -0.3 is 5.32 Å². The van der Waals surface area contributed by atoms with Crippen LogP contribution in [-0.2, 0) is 6.54 Å². The minimum Gasteiger partial charge on any atom is -0.309 e. The normalized spacial score (nSPS) is 13.4. The second-order valence-corrected chi connectivity index (χ2v) is 4.68. The average molecular weight is 212 g/mol. The van der Waals surface area contributed by atoms with Crippen molar-refractivity contribution in [2.24, 2.45) is 5.92 Å². The first-order chi connectivity index (χ1) is 6.77. The first-order valence-electron chi connectivity index (χ1n) is 5.38. The molecule has 0 saturated carbocycles. The van der Waals surface area contributed by atoms with E-state index < -0.39 is 0 Å². The molecule has 0 fully saturated rings. The van der Waals surface area contributed by atoms with Gasteiger partial charge in [0.05, 0.1) is 5.51 Å². The molecule has 1 rings (SSSR count). The van der Waals surface area contributed by atoms with E-state index in [-0.39, 0.29) is 0 Å². The highest BCUT2D eigenvalue weighted by atomic mass is 32.1. The van der Waals surface area contributed by atoms with Crippen molar-refractivity contribution in [1.82, 2.24) is 10.3 Å². The quantitative estimate of drug-likeness (QED) is 0.784. The van der Waals surface area contributed by atoms with Crippen LogP contribution < -0.4 is 5.32 Å². The molecule has 1 heterocycles. The van der Waals surface area contributed by atoms with Crippen molar-refractivity contribution < 1.29 is 0 Å². The molecular formula is C11H20N2S. The summed E-state index contributed by atoms with van der Waals surface area (Å²) < 4.78 is 0. The van der Waals surface area contributed by atoms with Crippen LogP contribution in [0.15, 0.2) is 11.7 Å². The highest BCUT2D eigenvalue weighted by Crippen LogP contribution is 2.13. The van der Waals surface area contributed by atoms with Crippen molar-refractivity contribution in [2.75, 3.05) is 0 Å². The van der Waals surface area contributed by atoms with Crippen LogP contribution in [0.25, 0.3) is 0 Å². The molecule has 0 spiro atoms. The van der Waals surface area contributed by atoms with E-state index in [0.717, 1.165) is 12.5 Å². The molecule has 0 saturated heterocycles. The Morgan fingerprint density at radius 2 is 2.14 bits per heavy atom. The smallest absolute Gasteiger partial charge is 0.0794 e. The van der Waals surface area contributed by atoms with Gasteiger partial charge >= 0.3 is 0 Å². The number of hydrogen-bond acceptors (Lipinski definition) is 3. The van der Waals surface area contributed by atoms with Gasteiger partial charge in [-0.2, -0.15) is 0 Å². The third kappa shape index (κ3) is 3.39. The van der Waals surface area contributed by atoms with Crippen LogP contribution in [0.4, 0.5) is 0 Å². The zero-order valence-corrected chi connectivity index (χ0v) is 10.1. The highest BCUT2D eigenvalue weighted by molar-refractivity contribution is 7.09. The number of nitrogens with one attached hydrogen (secondary N) is 1. The zero-order chi connectivity index (χ0) is 10.4. The lowest BCUT2D eigenvalue weighted by Crippen LogP contribution is -2.32. The van der Waals surface area contributed by atoms with Gasteiger partial charge in [0.1, 0.15) is 0 Å². The topological polar surface area (TPSA) is 24.9 Å². The maximum atomic E-state index is 4.06. The molecule has 0 radical (unpaired) electrons. The maximum Gasteiger partial charge on any atom is 0.0794 e. The lowest BCUT2D eigenvalue weighted by Gasteiger charge is -2.22. The number of hydrogen-bond donors (Lipinski definition) is 1. The fourth-order valence-electron chi connectivity index (χ4n) is 1.75. The van der Waals surface area contributed by atoms with E-state index in [1.54, 1.807) is 11.3 Å². The molecule has 0 aliphatic carbocycles. The fraction of sp³-hybridized carbons (Fsp3) is 0.727. The largest absolute Gasteiger partial charge is 0.309 e. The van der Waals surface area contributed by atoms with Crippen LogP contribution >= 0.6 is 11.3 Å². The predicted octanol–water partition coefficient (Wildman–Crippen LogP) is 3.06. The van der Waals surface area contributed by atoms with Gasteiger partial charge in [-0.05, 0) is 12.8 Å². The van der Waals surface area contributed by atoms with Gasteiger partial charge in [-0.3, -0.25) is 4.98 Å². The van der Waals surface area contributed by atoms with Crippen LogP contribution in [0.5, 0.6) is 0 Å². The van der Waals surface area contributed by atoms with Crippen molar-refractivity contribution >= 4 is 11.3 Å². The Bertz CT molecular complexity index is 229. The van der Waals surface area contributed by atoms with E-state index in [9.17, 15) is 0 Å². The van der Waals surface area contributed by atoms with Gasteiger partial charge in [-0.25, -0.2) is 0 Å². The van der Waals surface area contributed by atoms with Gasteiger partial charge in [-0.15, -0.1) is 11.3 Å². The first kappa shape index (κ1) is 11.7. The molecule has 1 N–H and O–H groups in total. The zero-order valence-electron chi connectivity index (χ0n) is 9.29. The summed E-state index contributed by atoms with van der Waals surface area (Å²) in [5.41, 5.74) is 1.89. The van der Waals surface area contributed by atoms with E-state index in [1.807, 2.05) is 11.7 Å². The van der Waals surface area contributed by atoms with Crippen molar-refractivity contribution in [1.29, 1.82) is 0 Å². The van der Waals surface area contributed by atoms with Crippen LogP contribution in [0.3, 0.4) is 0 Å². The molecular weight excluding hydrogens is 192 g/mol. The van der Waals surface area contributed by atoms with Gasteiger partial charge in [0.2, 0.25) is 0 Å². The minimum absolute atomic E-state index is 0.604. The molecule has 1 unspecified atom stereocenters. The second-order valence-electron chi connectivity index (χ2n) is 3.71. The maximum absolute atomic E-state index is 4.06. The van der Waals surface area contributed by atoms with Crippen LogP contribution in [0.1, 0.15) is 38.5 Å². The third-order valence-corrected chi connectivity index (χ3v) is 3.62. The van der Waals surface area contributed by atoms with Gasteiger partial charge in [0.15, 0.2) is 0 Å². The highest BCUT2D eigenvalue weighted by Gasteiger charge is 2.12. The monoisotopic (exact) mass is 212 g/mol. The van der Waals surface area contributed by atoms with E-state index >= 15 is 0 Å². The average Bonchev–Trinajstić information content (AvgIpc) is 2.69. The Kier molecular flexibility index (Phi) is 5.12. The van der Waals surface area contributed by atoms with E-state index in [0.29, 0.717) is 6.04 Å². The molecule has 0 amide bonds. The molecule has 0 bridgehead atoms. The predicted molar refractivity (Wildman–Crippen MR) is 62.5 cm³/mol. The lowest BCUT2D eigenvalue weighted by atomic mass is 9.95. The van der Waals surface area contributed by atoms with Crippen molar-refractivity contribution in [2.45, 2.75) is 46.2 Å². The molecule has 1 aromatic heterocycles. The minimum atomic E-state index is 0.604. The van der Waals surface area contributed by atoms with Crippen LogP contribution in [-0.4, -0.2) is 11.0 Å². The Morgan fingerprint density at radius 3 is 2.64 bits per heavy atom. The third-order valence-electron chi connectivity index (χ3n) is 2.84. The Balaban J connectivity index is 2.30. The molecule has 0 aliphatic heterocycles. The lowest BCUT2D eigenvalue weighted by molar-refractivity contribution is 0.354. The van der Waals surface area contributed by atoms with Crippen LogP contribution in [0.2, 0.25) is 0 Å². The molecule has 0 aliphatic rings. The SMILES string of the molecule is CCC(CC)C(C)NCc1cncs1. The molecule has 14 heavy (non-hydrogen) atoms. The standard InChI is InChI=1S/C11H20N2S/c1-4-10(5-2)9(3)13-7-11-6-12-8-14-11/h6,8-10,13H,4-5,7H2,1-3H3. The van der Waals surface area contributed by atoms with Crippen molar-refractivity contribution in [3.8, 4) is 0 Å². The summed E-state index contributed by atoms with van der Waals surface area (Å²) >= 11 is 1.72. The molecule has 3 heteroatoms. The van der Waals surface area contributed by atoms with Gasteiger partial charge in [0, 0.05) is 23.7 Å². The summed E-state index contributed by atoms with van der Waals surface area (Å²) in [5.74, 6) is 0.794. The summed E-state index contributed by atoms with van der Waals surface area (Å²) in [5, 5.41) is 3.56. The summed E-state index contributed by atoms with van der Waals surface area (Å²) in [6.45, 7) is 7.76. The van der Waals surface area contributed by atoms with E-state index in [4.69, 9.17) is 0 Å². The molecule has 80 valence electrons. The molecule has 1 atom stereocenters. The van der Waals surface area contributed by atoms with E-state index in [1.165, 1.54) is 17.7 Å². The molecule has 0 aromatic carbocycles. The Morgan fingerprint density at radius 1 is 1.43 bits per heavy atom. The summed E-state index contributed by atoms with van der Waals surface area (Å²) in [4.78, 5) is 5.39. The molecule has 1 aromatic rings. The number of thiazole rings is 1. The Hall–Kier alpha value is -0.410. The van der Waals surface area contributed by atoms with Crippen LogP contribution in [0, 0.1) is 5.92 Å².